The number of non-ortho nitro benzene ring substituents is 1. The molecule has 28 heavy (non-hydrogen) atoms. The number of carbonyl (C=O) groups is 2. The average Bonchev–Trinajstić information content (AvgIpc) is 2.69. The van der Waals surface area contributed by atoms with Gasteiger partial charge in [-0.2, -0.15) is 5.10 Å². The number of hydrogen-bond donors (Lipinski definition) is 1. The van der Waals surface area contributed by atoms with Gasteiger partial charge < -0.3 is 14.2 Å². The Labute approximate surface area is 159 Å². The van der Waals surface area contributed by atoms with Gasteiger partial charge >= 0.3 is 12.1 Å². The molecule has 0 spiro atoms. The molecule has 1 N–H and O–H groups in total. The summed E-state index contributed by atoms with van der Waals surface area (Å²) in [6, 6.07) is 9.84. The smallest absolute Gasteiger partial charge is 0.427 e. The van der Waals surface area contributed by atoms with Gasteiger partial charge in [-0.25, -0.2) is 15.0 Å². The maximum Gasteiger partial charge on any atom is 0.427 e. The van der Waals surface area contributed by atoms with Crippen molar-refractivity contribution in [2.75, 3.05) is 13.7 Å². The molecule has 2 aromatic rings. The van der Waals surface area contributed by atoms with Crippen molar-refractivity contribution in [2.24, 2.45) is 5.10 Å². The number of carbonyl (C=O) groups excluding carboxylic acids is 2. The van der Waals surface area contributed by atoms with Crippen molar-refractivity contribution >= 4 is 24.0 Å². The van der Waals surface area contributed by atoms with Gasteiger partial charge in [-0.1, -0.05) is 6.07 Å². The molecule has 1 amide bonds. The highest BCUT2D eigenvalue weighted by molar-refractivity contribution is 5.92. The van der Waals surface area contributed by atoms with Crippen LogP contribution in [-0.2, 0) is 4.74 Å². The monoisotopic (exact) mass is 387 g/mol. The molecule has 0 aliphatic rings. The fourth-order valence-electron chi connectivity index (χ4n) is 2.07. The van der Waals surface area contributed by atoms with E-state index < -0.39 is 17.0 Å². The molecule has 0 saturated heterocycles. The first-order chi connectivity index (χ1) is 13.4. The van der Waals surface area contributed by atoms with Gasteiger partial charge in [0, 0.05) is 12.1 Å². The zero-order valence-corrected chi connectivity index (χ0v) is 15.1. The number of nitro benzene ring substituents is 1. The van der Waals surface area contributed by atoms with Crippen LogP contribution in [0.25, 0.3) is 0 Å². The number of hydrazone groups is 1. The van der Waals surface area contributed by atoms with E-state index in [0.717, 1.165) is 6.07 Å². The van der Waals surface area contributed by atoms with E-state index in [2.05, 4.69) is 15.3 Å². The quantitative estimate of drug-likeness (QED) is 0.254. The van der Waals surface area contributed by atoms with Gasteiger partial charge in [0.2, 0.25) is 0 Å². The van der Waals surface area contributed by atoms with Crippen LogP contribution in [0, 0.1) is 10.1 Å². The summed E-state index contributed by atoms with van der Waals surface area (Å²) in [6.45, 7) is 2.06. The number of methoxy groups -OCH3 is 1. The molecule has 2 rings (SSSR count). The summed E-state index contributed by atoms with van der Waals surface area (Å²) in [4.78, 5) is 33.5. The SMILES string of the molecule is CCOc1cc(/C=N/NC(=O)OC)ccc1OC(=O)c1cccc([N+](=O)[O-])c1. The van der Waals surface area contributed by atoms with Gasteiger partial charge in [0.1, 0.15) is 0 Å². The fraction of sp³-hybridized carbons (Fsp3) is 0.167. The third-order valence-corrected chi connectivity index (χ3v) is 3.32. The van der Waals surface area contributed by atoms with E-state index in [4.69, 9.17) is 9.47 Å². The summed E-state index contributed by atoms with van der Waals surface area (Å²) in [5.74, 6) is -0.363. The van der Waals surface area contributed by atoms with Crippen LogP contribution in [0.2, 0.25) is 0 Å². The average molecular weight is 387 g/mol. The number of amides is 1. The molecule has 0 aliphatic heterocycles. The summed E-state index contributed by atoms with van der Waals surface area (Å²) in [6.07, 6.45) is 0.634. The van der Waals surface area contributed by atoms with Gasteiger partial charge in [0.15, 0.2) is 11.5 Å². The van der Waals surface area contributed by atoms with E-state index in [0.29, 0.717) is 12.2 Å². The summed E-state index contributed by atoms with van der Waals surface area (Å²) >= 11 is 0. The molecule has 0 fully saturated rings. The molecular formula is C18H17N3O7. The number of nitrogens with zero attached hydrogens (tertiary/aromatic N) is 2. The van der Waals surface area contributed by atoms with Crippen molar-refractivity contribution in [1.29, 1.82) is 0 Å². The van der Waals surface area contributed by atoms with E-state index in [1.54, 1.807) is 19.1 Å². The molecule has 0 aliphatic carbocycles. The first-order valence-electron chi connectivity index (χ1n) is 8.05. The minimum atomic E-state index is -0.765. The van der Waals surface area contributed by atoms with E-state index in [1.807, 2.05) is 0 Å². The molecule has 0 heterocycles. The molecule has 0 radical (unpaired) electrons. The highest BCUT2D eigenvalue weighted by atomic mass is 16.6. The Morgan fingerprint density at radius 1 is 1.21 bits per heavy atom. The second-order valence-corrected chi connectivity index (χ2v) is 5.20. The topological polar surface area (TPSA) is 129 Å². The van der Waals surface area contributed by atoms with E-state index >= 15 is 0 Å². The first kappa shape index (κ1) is 20.4. The maximum absolute atomic E-state index is 12.3. The van der Waals surface area contributed by atoms with E-state index in [9.17, 15) is 19.7 Å². The third kappa shape index (κ3) is 5.53. The van der Waals surface area contributed by atoms with Crippen molar-refractivity contribution in [3.63, 3.8) is 0 Å². The minimum Gasteiger partial charge on any atom is -0.490 e. The van der Waals surface area contributed by atoms with Crippen molar-refractivity contribution in [2.45, 2.75) is 6.92 Å². The molecule has 2 aromatic carbocycles. The molecule has 0 unspecified atom stereocenters. The standard InChI is InChI=1S/C18H17N3O7/c1-3-27-16-9-12(11-19-20-18(23)26-2)7-8-15(16)28-17(22)13-5-4-6-14(10-13)21(24)25/h4-11H,3H2,1-2H3,(H,20,23)/b19-11+. The Hall–Kier alpha value is -3.95. The van der Waals surface area contributed by atoms with E-state index in [-0.39, 0.29) is 22.7 Å². The number of nitrogens with one attached hydrogen (secondary N) is 1. The lowest BCUT2D eigenvalue weighted by Gasteiger charge is -2.11. The lowest BCUT2D eigenvalue weighted by Crippen LogP contribution is -2.16. The summed E-state index contributed by atoms with van der Waals surface area (Å²) < 4.78 is 15.2. The second-order valence-electron chi connectivity index (χ2n) is 5.20. The fourth-order valence-corrected chi connectivity index (χ4v) is 2.07. The highest BCUT2D eigenvalue weighted by Gasteiger charge is 2.16. The lowest BCUT2D eigenvalue weighted by molar-refractivity contribution is -0.384. The highest BCUT2D eigenvalue weighted by Crippen LogP contribution is 2.29. The van der Waals surface area contributed by atoms with Crippen LogP contribution in [-0.4, -0.2) is 36.9 Å². The Kier molecular flexibility index (Phi) is 7.03. The van der Waals surface area contributed by atoms with Crippen LogP contribution in [0.1, 0.15) is 22.8 Å². The first-order valence-corrected chi connectivity index (χ1v) is 8.05. The summed E-state index contributed by atoms with van der Waals surface area (Å²) in [5, 5.41) is 14.5. The zero-order chi connectivity index (χ0) is 20.5. The summed E-state index contributed by atoms with van der Waals surface area (Å²) in [5.41, 5.74) is 2.52. The van der Waals surface area contributed by atoms with Gasteiger partial charge in [-0.15, -0.1) is 0 Å². The zero-order valence-electron chi connectivity index (χ0n) is 15.1. The maximum atomic E-state index is 12.3. The predicted molar refractivity (Wildman–Crippen MR) is 98.8 cm³/mol. The second kappa shape index (κ2) is 9.67. The van der Waals surface area contributed by atoms with Crippen molar-refractivity contribution in [1.82, 2.24) is 5.43 Å². The van der Waals surface area contributed by atoms with Crippen molar-refractivity contribution < 1.29 is 28.7 Å². The van der Waals surface area contributed by atoms with Gasteiger partial charge in [0.25, 0.3) is 5.69 Å². The molecule has 10 heteroatoms. The Bertz CT molecular complexity index is 912. The predicted octanol–water partition coefficient (Wildman–Crippen LogP) is 2.90. The minimum absolute atomic E-state index is 0.0320. The third-order valence-electron chi connectivity index (χ3n) is 3.32. The Morgan fingerprint density at radius 3 is 2.68 bits per heavy atom. The molecule has 10 nitrogen and oxygen atoms in total. The molecule has 0 aromatic heterocycles. The normalized spacial score (nSPS) is 10.4. The largest absolute Gasteiger partial charge is 0.490 e. The number of ether oxygens (including phenoxy) is 3. The molecule has 0 atom stereocenters. The Morgan fingerprint density at radius 2 is 2.00 bits per heavy atom. The van der Waals surface area contributed by atoms with Gasteiger partial charge in [0.05, 0.1) is 30.4 Å². The van der Waals surface area contributed by atoms with Crippen molar-refractivity contribution in [3.05, 3.63) is 63.7 Å². The molecule has 0 bridgehead atoms. The number of hydrogen-bond acceptors (Lipinski definition) is 8. The molecule has 146 valence electrons. The van der Waals surface area contributed by atoms with Crippen LogP contribution in [0.5, 0.6) is 11.5 Å². The number of esters is 1. The van der Waals surface area contributed by atoms with Crippen LogP contribution >= 0.6 is 0 Å². The number of rotatable bonds is 7. The van der Waals surface area contributed by atoms with Crippen LogP contribution in [0.15, 0.2) is 47.6 Å². The van der Waals surface area contributed by atoms with Crippen LogP contribution in [0.3, 0.4) is 0 Å². The van der Waals surface area contributed by atoms with Crippen molar-refractivity contribution in [3.8, 4) is 11.5 Å². The van der Waals surface area contributed by atoms with E-state index in [1.165, 1.54) is 37.6 Å². The number of nitro groups is 1. The molecular weight excluding hydrogens is 370 g/mol. The summed E-state index contributed by atoms with van der Waals surface area (Å²) in [7, 11) is 1.21. The van der Waals surface area contributed by atoms with Crippen LogP contribution < -0.4 is 14.9 Å². The lowest BCUT2D eigenvalue weighted by atomic mass is 10.2. The van der Waals surface area contributed by atoms with Gasteiger partial charge in [-0.3, -0.25) is 10.1 Å². The number of benzene rings is 2. The Balaban J connectivity index is 2.20. The molecule has 0 saturated carbocycles. The van der Waals surface area contributed by atoms with Crippen LogP contribution in [0.4, 0.5) is 10.5 Å². The van der Waals surface area contributed by atoms with Gasteiger partial charge in [-0.05, 0) is 36.8 Å².